The molecule has 0 bridgehead atoms. The van der Waals surface area contributed by atoms with Crippen molar-refractivity contribution in [3.63, 3.8) is 0 Å². The standard InChI is InChI=1S/C17H25ClN2O3/c1-17(2,3)23-16(22)20-10-4-5-14(20)15(21)19-11-12-6-8-13(18)9-7-12/h6-8,13-14H,4-5,9-11H2,1-3H3,(H,19,21)/t13?,14-/m1/s1. The Morgan fingerprint density at radius 3 is 2.78 bits per heavy atom. The van der Waals surface area contributed by atoms with Crippen LogP contribution in [0.25, 0.3) is 0 Å². The Bertz CT molecular complexity index is 522. The third-order valence-corrected chi connectivity index (χ3v) is 4.10. The van der Waals surface area contributed by atoms with Gasteiger partial charge in [-0.05, 0) is 45.6 Å². The lowest BCUT2D eigenvalue weighted by Gasteiger charge is -2.28. The molecule has 2 atom stereocenters. The van der Waals surface area contributed by atoms with Crippen LogP contribution >= 0.6 is 11.6 Å². The van der Waals surface area contributed by atoms with Crippen LogP contribution < -0.4 is 5.32 Å². The number of nitrogens with zero attached hydrogens (tertiary/aromatic N) is 1. The first-order valence-electron chi connectivity index (χ1n) is 8.05. The zero-order chi connectivity index (χ0) is 17.0. The molecule has 1 saturated heterocycles. The molecule has 0 saturated carbocycles. The topological polar surface area (TPSA) is 58.6 Å². The van der Waals surface area contributed by atoms with Gasteiger partial charge >= 0.3 is 6.09 Å². The maximum absolute atomic E-state index is 12.4. The van der Waals surface area contributed by atoms with E-state index in [0.29, 0.717) is 19.5 Å². The van der Waals surface area contributed by atoms with E-state index in [1.54, 1.807) is 0 Å². The lowest BCUT2D eigenvalue weighted by Crippen LogP contribution is -2.47. The van der Waals surface area contributed by atoms with Crippen LogP contribution in [0, 0.1) is 0 Å². The Balaban J connectivity index is 1.88. The zero-order valence-electron chi connectivity index (χ0n) is 14.0. The zero-order valence-corrected chi connectivity index (χ0v) is 14.7. The summed E-state index contributed by atoms with van der Waals surface area (Å²) in [4.78, 5) is 26.1. The molecule has 128 valence electrons. The molecule has 1 heterocycles. The molecule has 1 aliphatic carbocycles. The van der Waals surface area contributed by atoms with E-state index in [4.69, 9.17) is 16.3 Å². The van der Waals surface area contributed by atoms with E-state index < -0.39 is 17.7 Å². The largest absolute Gasteiger partial charge is 0.444 e. The maximum atomic E-state index is 12.4. The minimum absolute atomic E-state index is 0.0342. The summed E-state index contributed by atoms with van der Waals surface area (Å²) in [7, 11) is 0. The molecular weight excluding hydrogens is 316 g/mol. The molecule has 0 aromatic rings. The number of amides is 2. The molecule has 0 radical (unpaired) electrons. The fourth-order valence-electron chi connectivity index (χ4n) is 2.66. The van der Waals surface area contributed by atoms with E-state index in [1.807, 2.05) is 39.0 Å². The van der Waals surface area contributed by atoms with Gasteiger partial charge in [-0.25, -0.2) is 4.79 Å². The number of likely N-dealkylation sites (tertiary alicyclic amines) is 1. The van der Waals surface area contributed by atoms with Crippen LogP contribution in [0.4, 0.5) is 4.79 Å². The third kappa shape index (κ3) is 5.27. The molecule has 2 rings (SSSR count). The van der Waals surface area contributed by atoms with Crippen LogP contribution in [0.3, 0.4) is 0 Å². The van der Waals surface area contributed by atoms with Gasteiger partial charge < -0.3 is 10.1 Å². The van der Waals surface area contributed by atoms with Crippen molar-refractivity contribution in [2.45, 2.75) is 57.1 Å². The van der Waals surface area contributed by atoms with Gasteiger partial charge in [0.1, 0.15) is 11.6 Å². The number of ether oxygens (including phenoxy) is 1. The lowest BCUT2D eigenvalue weighted by molar-refractivity contribution is -0.125. The predicted octanol–water partition coefficient (Wildman–Crippen LogP) is 3.00. The number of hydrogen-bond donors (Lipinski definition) is 1. The summed E-state index contributed by atoms with van der Waals surface area (Å²) >= 11 is 5.98. The van der Waals surface area contributed by atoms with Gasteiger partial charge in [-0.2, -0.15) is 0 Å². The second-order valence-corrected chi connectivity index (χ2v) is 7.50. The number of carbonyl (C=O) groups excluding carboxylic acids is 2. The number of hydrogen-bond acceptors (Lipinski definition) is 3. The Morgan fingerprint density at radius 2 is 2.17 bits per heavy atom. The van der Waals surface area contributed by atoms with Gasteiger partial charge in [0.05, 0.1) is 5.38 Å². The van der Waals surface area contributed by atoms with Crippen molar-refractivity contribution in [1.82, 2.24) is 10.2 Å². The van der Waals surface area contributed by atoms with Crippen LogP contribution in [0.15, 0.2) is 23.8 Å². The van der Waals surface area contributed by atoms with Crippen LogP contribution in [-0.4, -0.2) is 47.0 Å². The van der Waals surface area contributed by atoms with Crippen molar-refractivity contribution in [2.75, 3.05) is 13.1 Å². The van der Waals surface area contributed by atoms with Gasteiger partial charge in [0, 0.05) is 13.1 Å². The molecule has 2 aliphatic rings. The Hall–Kier alpha value is -1.49. The molecule has 0 spiro atoms. The quantitative estimate of drug-likeness (QED) is 0.803. The van der Waals surface area contributed by atoms with Crippen LogP contribution in [-0.2, 0) is 9.53 Å². The molecule has 1 aliphatic heterocycles. The highest BCUT2D eigenvalue weighted by atomic mass is 35.5. The molecule has 5 nitrogen and oxygen atoms in total. The van der Waals surface area contributed by atoms with Gasteiger partial charge in [-0.1, -0.05) is 18.2 Å². The first kappa shape index (κ1) is 17.9. The highest BCUT2D eigenvalue weighted by molar-refractivity contribution is 6.22. The molecule has 23 heavy (non-hydrogen) atoms. The highest BCUT2D eigenvalue weighted by Crippen LogP contribution is 2.21. The average Bonchev–Trinajstić information content (AvgIpc) is 2.94. The third-order valence-electron chi connectivity index (χ3n) is 3.77. The summed E-state index contributed by atoms with van der Waals surface area (Å²) in [5.74, 6) is -0.129. The van der Waals surface area contributed by atoms with E-state index in [2.05, 4.69) is 5.32 Å². The van der Waals surface area contributed by atoms with Crippen molar-refractivity contribution in [3.05, 3.63) is 23.8 Å². The van der Waals surface area contributed by atoms with E-state index in [0.717, 1.165) is 18.4 Å². The number of carbonyl (C=O) groups is 2. The second kappa shape index (κ2) is 7.39. The summed E-state index contributed by atoms with van der Waals surface area (Å²) in [6.45, 7) is 6.48. The fraction of sp³-hybridized carbons (Fsp3) is 0.647. The number of allylic oxidation sites excluding steroid dienone is 2. The average molecular weight is 341 g/mol. The summed E-state index contributed by atoms with van der Waals surface area (Å²) in [5, 5.41) is 2.94. The number of alkyl halides is 1. The maximum Gasteiger partial charge on any atom is 0.410 e. The minimum Gasteiger partial charge on any atom is -0.444 e. The van der Waals surface area contributed by atoms with Crippen LogP contribution in [0.2, 0.25) is 0 Å². The monoisotopic (exact) mass is 340 g/mol. The first-order valence-corrected chi connectivity index (χ1v) is 8.48. The van der Waals surface area contributed by atoms with Crippen molar-refractivity contribution in [1.29, 1.82) is 0 Å². The van der Waals surface area contributed by atoms with Gasteiger partial charge in [-0.3, -0.25) is 9.69 Å². The lowest BCUT2D eigenvalue weighted by atomic mass is 10.1. The second-order valence-electron chi connectivity index (χ2n) is 6.94. The normalized spacial score (nSPS) is 24.3. The van der Waals surface area contributed by atoms with Crippen molar-refractivity contribution in [3.8, 4) is 0 Å². The number of rotatable bonds is 3. The number of halogens is 1. The van der Waals surface area contributed by atoms with E-state index in [1.165, 1.54) is 4.90 Å². The van der Waals surface area contributed by atoms with Gasteiger partial charge in [0.15, 0.2) is 0 Å². The SMILES string of the molecule is CC(C)(C)OC(=O)N1CCC[C@@H]1C(=O)NCC1=CCC(Cl)C=C1. The Morgan fingerprint density at radius 1 is 1.43 bits per heavy atom. The van der Waals surface area contributed by atoms with Crippen molar-refractivity contribution >= 4 is 23.6 Å². The van der Waals surface area contributed by atoms with Crippen molar-refractivity contribution in [2.24, 2.45) is 0 Å². The first-order chi connectivity index (χ1) is 10.8. The van der Waals surface area contributed by atoms with E-state index in [-0.39, 0.29) is 11.3 Å². The summed E-state index contributed by atoms with van der Waals surface area (Å²) in [6, 6.07) is -0.446. The summed E-state index contributed by atoms with van der Waals surface area (Å²) in [6.07, 6.45) is 7.72. The van der Waals surface area contributed by atoms with E-state index in [9.17, 15) is 9.59 Å². The predicted molar refractivity (Wildman–Crippen MR) is 90.5 cm³/mol. The minimum atomic E-state index is -0.559. The van der Waals surface area contributed by atoms with E-state index >= 15 is 0 Å². The molecule has 0 aromatic heterocycles. The summed E-state index contributed by atoms with van der Waals surface area (Å²) < 4.78 is 5.38. The van der Waals surface area contributed by atoms with Gasteiger partial charge in [0.2, 0.25) is 5.91 Å². The Labute approximate surface area is 142 Å². The highest BCUT2D eigenvalue weighted by Gasteiger charge is 2.36. The molecule has 1 fully saturated rings. The van der Waals surface area contributed by atoms with Gasteiger partial charge in [0.25, 0.3) is 0 Å². The van der Waals surface area contributed by atoms with Crippen LogP contribution in [0.5, 0.6) is 0 Å². The van der Waals surface area contributed by atoms with Crippen LogP contribution in [0.1, 0.15) is 40.0 Å². The molecule has 1 unspecified atom stereocenters. The molecule has 1 N–H and O–H groups in total. The fourth-order valence-corrected chi connectivity index (χ4v) is 2.82. The smallest absolute Gasteiger partial charge is 0.410 e. The molecular formula is C17H25ClN2O3. The Kier molecular flexibility index (Phi) is 5.74. The molecule has 6 heteroatoms. The molecule has 2 amide bonds. The summed E-state index contributed by atoms with van der Waals surface area (Å²) in [5.41, 5.74) is 0.480. The number of nitrogens with one attached hydrogen (secondary N) is 1. The van der Waals surface area contributed by atoms with Gasteiger partial charge in [-0.15, -0.1) is 11.6 Å². The van der Waals surface area contributed by atoms with Crippen molar-refractivity contribution < 1.29 is 14.3 Å². The molecule has 0 aromatic carbocycles.